The van der Waals surface area contributed by atoms with Gasteiger partial charge < -0.3 is 4.74 Å². The molecule has 0 radical (unpaired) electrons. The van der Waals surface area contributed by atoms with Crippen molar-refractivity contribution in [1.29, 1.82) is 0 Å². The summed E-state index contributed by atoms with van der Waals surface area (Å²) in [5, 5.41) is 0. The minimum Gasteiger partial charge on any atom is -0.439 e. The lowest BCUT2D eigenvalue weighted by Crippen LogP contribution is -1.95. The number of rotatable bonds is 3. The number of halogens is 2. The summed E-state index contributed by atoms with van der Waals surface area (Å²) in [6.45, 7) is 1.40. The van der Waals surface area contributed by atoms with Gasteiger partial charge in [0.2, 0.25) is 5.88 Å². The molecular formula is C13H9F2NO2. The van der Waals surface area contributed by atoms with Crippen molar-refractivity contribution in [3.05, 3.63) is 53.7 Å². The van der Waals surface area contributed by atoms with Crippen molar-refractivity contribution in [2.75, 3.05) is 0 Å². The molecule has 0 unspecified atom stereocenters. The Morgan fingerprint density at radius 1 is 1.17 bits per heavy atom. The van der Waals surface area contributed by atoms with Crippen molar-refractivity contribution in [2.45, 2.75) is 6.92 Å². The number of hydrogen-bond donors (Lipinski definition) is 0. The number of carbonyl (C=O) groups excluding carboxylic acids is 1. The van der Waals surface area contributed by atoms with Crippen molar-refractivity contribution >= 4 is 5.78 Å². The van der Waals surface area contributed by atoms with E-state index in [0.717, 1.165) is 18.2 Å². The predicted molar refractivity (Wildman–Crippen MR) is 60.7 cm³/mol. The van der Waals surface area contributed by atoms with Crippen LogP contribution in [0.2, 0.25) is 0 Å². The van der Waals surface area contributed by atoms with Crippen LogP contribution in [0.5, 0.6) is 11.6 Å². The molecule has 0 bridgehead atoms. The van der Waals surface area contributed by atoms with Crippen LogP contribution in [0.3, 0.4) is 0 Å². The lowest BCUT2D eigenvalue weighted by Gasteiger charge is -2.05. The SMILES string of the molecule is CC(=O)c1ccnc(Oc2cc(F)cc(F)c2)c1. The lowest BCUT2D eigenvalue weighted by molar-refractivity contribution is 0.101. The third-order valence-corrected chi connectivity index (χ3v) is 2.20. The standard InChI is InChI=1S/C13H9F2NO2/c1-8(17)9-2-3-16-13(4-9)18-12-6-10(14)5-11(15)7-12/h2-7H,1H3. The molecule has 0 saturated carbocycles. The maximum absolute atomic E-state index is 12.9. The van der Waals surface area contributed by atoms with E-state index >= 15 is 0 Å². The van der Waals surface area contributed by atoms with E-state index in [0.29, 0.717) is 5.56 Å². The maximum Gasteiger partial charge on any atom is 0.219 e. The van der Waals surface area contributed by atoms with Gasteiger partial charge in [-0.25, -0.2) is 13.8 Å². The van der Waals surface area contributed by atoms with E-state index in [-0.39, 0.29) is 17.4 Å². The second-order valence-corrected chi connectivity index (χ2v) is 3.65. The van der Waals surface area contributed by atoms with Crippen LogP contribution in [0.4, 0.5) is 8.78 Å². The molecule has 1 heterocycles. The van der Waals surface area contributed by atoms with Crippen molar-refractivity contribution in [2.24, 2.45) is 0 Å². The molecule has 0 amide bonds. The molecule has 0 spiro atoms. The summed E-state index contributed by atoms with van der Waals surface area (Å²) in [4.78, 5) is 15.0. The van der Waals surface area contributed by atoms with Gasteiger partial charge in [0.25, 0.3) is 0 Å². The fraction of sp³-hybridized carbons (Fsp3) is 0.0769. The van der Waals surface area contributed by atoms with Crippen molar-refractivity contribution in [3.63, 3.8) is 0 Å². The first-order valence-corrected chi connectivity index (χ1v) is 5.15. The van der Waals surface area contributed by atoms with Gasteiger partial charge in [0, 0.05) is 36.0 Å². The Morgan fingerprint density at radius 3 is 2.44 bits per heavy atom. The second kappa shape index (κ2) is 4.91. The number of aromatic nitrogens is 1. The van der Waals surface area contributed by atoms with Gasteiger partial charge in [-0.15, -0.1) is 0 Å². The molecule has 1 aromatic carbocycles. The number of ketones is 1. The third-order valence-electron chi connectivity index (χ3n) is 2.20. The Hall–Kier alpha value is -2.30. The molecule has 0 aliphatic heterocycles. The van der Waals surface area contributed by atoms with Gasteiger partial charge in [-0.3, -0.25) is 4.79 Å². The Kier molecular flexibility index (Phi) is 3.32. The van der Waals surface area contributed by atoms with E-state index in [1.165, 1.54) is 25.3 Å². The number of nitrogens with zero attached hydrogens (tertiary/aromatic N) is 1. The topological polar surface area (TPSA) is 39.2 Å². The molecule has 2 aromatic rings. The van der Waals surface area contributed by atoms with Crippen LogP contribution in [0.1, 0.15) is 17.3 Å². The zero-order chi connectivity index (χ0) is 13.1. The molecule has 3 nitrogen and oxygen atoms in total. The van der Waals surface area contributed by atoms with Gasteiger partial charge in [-0.1, -0.05) is 0 Å². The summed E-state index contributed by atoms with van der Waals surface area (Å²) >= 11 is 0. The van der Waals surface area contributed by atoms with Gasteiger partial charge in [-0.05, 0) is 13.0 Å². The maximum atomic E-state index is 12.9. The molecule has 5 heteroatoms. The van der Waals surface area contributed by atoms with E-state index in [4.69, 9.17) is 4.74 Å². The highest BCUT2D eigenvalue weighted by molar-refractivity contribution is 5.94. The number of pyridine rings is 1. The zero-order valence-corrected chi connectivity index (χ0v) is 9.48. The summed E-state index contributed by atoms with van der Waals surface area (Å²) in [6, 6.07) is 5.75. The molecule has 2 rings (SSSR count). The molecule has 92 valence electrons. The van der Waals surface area contributed by atoms with Crippen LogP contribution in [0.25, 0.3) is 0 Å². The summed E-state index contributed by atoms with van der Waals surface area (Å²) in [5.41, 5.74) is 0.414. The zero-order valence-electron chi connectivity index (χ0n) is 9.48. The first kappa shape index (κ1) is 12.2. The molecule has 0 saturated heterocycles. The highest BCUT2D eigenvalue weighted by Crippen LogP contribution is 2.22. The number of ether oxygens (including phenoxy) is 1. The quantitative estimate of drug-likeness (QED) is 0.783. The van der Waals surface area contributed by atoms with Crippen molar-refractivity contribution < 1.29 is 18.3 Å². The van der Waals surface area contributed by atoms with Crippen LogP contribution in [-0.4, -0.2) is 10.8 Å². The Labute approximate surface area is 102 Å². The van der Waals surface area contributed by atoms with Gasteiger partial charge in [-0.2, -0.15) is 0 Å². The number of Topliss-reactive ketones (excluding diaryl/α,β-unsaturated/α-hetero) is 1. The Balaban J connectivity index is 2.28. The smallest absolute Gasteiger partial charge is 0.219 e. The van der Waals surface area contributed by atoms with Gasteiger partial charge >= 0.3 is 0 Å². The Bertz CT molecular complexity index is 579. The first-order chi connectivity index (χ1) is 8.54. The van der Waals surface area contributed by atoms with Crippen LogP contribution in [-0.2, 0) is 0 Å². The van der Waals surface area contributed by atoms with Gasteiger partial charge in [0.15, 0.2) is 5.78 Å². The highest BCUT2D eigenvalue weighted by atomic mass is 19.1. The summed E-state index contributed by atoms with van der Waals surface area (Å²) < 4.78 is 31.1. The van der Waals surface area contributed by atoms with Crippen LogP contribution in [0.15, 0.2) is 36.5 Å². The summed E-state index contributed by atoms with van der Waals surface area (Å²) in [6.07, 6.45) is 1.39. The predicted octanol–water partition coefficient (Wildman–Crippen LogP) is 3.35. The number of hydrogen-bond acceptors (Lipinski definition) is 3. The fourth-order valence-electron chi connectivity index (χ4n) is 1.39. The largest absolute Gasteiger partial charge is 0.439 e. The summed E-state index contributed by atoms with van der Waals surface area (Å²) in [7, 11) is 0. The molecule has 0 N–H and O–H groups in total. The average Bonchev–Trinajstić information content (AvgIpc) is 2.27. The highest BCUT2D eigenvalue weighted by Gasteiger charge is 2.06. The van der Waals surface area contributed by atoms with Gasteiger partial charge in [0.1, 0.15) is 17.4 Å². The number of carbonyl (C=O) groups is 1. The minimum absolute atomic E-state index is 0.0132. The Morgan fingerprint density at radius 2 is 1.83 bits per heavy atom. The lowest BCUT2D eigenvalue weighted by atomic mass is 10.2. The first-order valence-electron chi connectivity index (χ1n) is 5.15. The molecule has 1 aromatic heterocycles. The second-order valence-electron chi connectivity index (χ2n) is 3.65. The summed E-state index contributed by atoms with van der Waals surface area (Å²) in [5.74, 6) is -1.54. The van der Waals surface area contributed by atoms with E-state index in [9.17, 15) is 13.6 Å². The minimum atomic E-state index is -0.743. The van der Waals surface area contributed by atoms with Crippen molar-refractivity contribution in [3.8, 4) is 11.6 Å². The molecule has 18 heavy (non-hydrogen) atoms. The molecule has 0 fully saturated rings. The fourth-order valence-corrected chi connectivity index (χ4v) is 1.39. The van der Waals surface area contributed by atoms with E-state index < -0.39 is 11.6 Å². The number of benzene rings is 1. The van der Waals surface area contributed by atoms with Gasteiger partial charge in [0.05, 0.1) is 0 Å². The van der Waals surface area contributed by atoms with Crippen LogP contribution >= 0.6 is 0 Å². The van der Waals surface area contributed by atoms with Crippen LogP contribution < -0.4 is 4.74 Å². The van der Waals surface area contributed by atoms with E-state index in [1.54, 1.807) is 0 Å². The molecule has 0 atom stereocenters. The normalized spacial score (nSPS) is 10.2. The van der Waals surface area contributed by atoms with Crippen LogP contribution in [0, 0.1) is 11.6 Å². The monoisotopic (exact) mass is 249 g/mol. The van der Waals surface area contributed by atoms with E-state index in [1.807, 2.05) is 0 Å². The molecule has 0 aliphatic carbocycles. The average molecular weight is 249 g/mol. The molecule has 0 aliphatic rings. The van der Waals surface area contributed by atoms with E-state index in [2.05, 4.69) is 4.98 Å². The van der Waals surface area contributed by atoms with Crippen molar-refractivity contribution in [1.82, 2.24) is 4.98 Å². The third kappa shape index (κ3) is 2.88. The molecular weight excluding hydrogens is 240 g/mol.